The number of benzene rings is 2. The van der Waals surface area contributed by atoms with Gasteiger partial charge in [-0.05, 0) is 67.1 Å². The fourth-order valence-electron chi connectivity index (χ4n) is 3.98. The molecule has 1 aromatic heterocycles. The molecule has 1 amide bonds. The van der Waals surface area contributed by atoms with Gasteiger partial charge in [0.1, 0.15) is 5.82 Å². The largest absolute Gasteiger partial charge is 0.454 e. The Bertz CT molecular complexity index is 1130. The maximum absolute atomic E-state index is 13.1. The van der Waals surface area contributed by atoms with E-state index >= 15 is 0 Å². The third-order valence-corrected chi connectivity index (χ3v) is 5.90. The number of amides is 1. The predicted octanol–water partition coefficient (Wildman–Crippen LogP) is 5.01. The molecule has 2 heterocycles. The molecule has 1 aliphatic carbocycles. The van der Waals surface area contributed by atoms with E-state index < -0.39 is 5.41 Å². The Morgan fingerprint density at radius 2 is 1.79 bits per heavy atom. The third-order valence-electron chi connectivity index (χ3n) is 5.90. The highest BCUT2D eigenvalue weighted by atomic mass is 16.7. The molecular formula is C24H24N2O3. The van der Waals surface area contributed by atoms with Gasteiger partial charge >= 0.3 is 0 Å². The molecule has 2 aromatic carbocycles. The molecule has 0 saturated heterocycles. The molecule has 1 fully saturated rings. The molecule has 148 valence electrons. The first-order valence-corrected chi connectivity index (χ1v) is 9.81. The lowest BCUT2D eigenvalue weighted by Gasteiger charge is -2.17. The average Bonchev–Trinajstić information content (AvgIpc) is 3.40. The first-order valence-electron chi connectivity index (χ1n) is 9.81. The van der Waals surface area contributed by atoms with Gasteiger partial charge in [0, 0.05) is 13.2 Å². The molecule has 1 aliphatic heterocycles. The number of rotatable bonds is 4. The number of nitrogens with zero attached hydrogens (tertiary/aromatic N) is 1. The number of pyridine rings is 1. The normalized spacial score (nSPS) is 15.8. The highest BCUT2D eigenvalue weighted by Crippen LogP contribution is 2.51. The highest BCUT2D eigenvalue weighted by Gasteiger charge is 2.51. The van der Waals surface area contributed by atoms with Crippen LogP contribution in [0.4, 0.5) is 5.82 Å². The number of ether oxygens (including phenoxy) is 2. The van der Waals surface area contributed by atoms with Crippen LogP contribution in [0.15, 0.2) is 54.7 Å². The van der Waals surface area contributed by atoms with Gasteiger partial charge in [-0.15, -0.1) is 0 Å². The number of carbonyl (C=O) groups is 1. The summed E-state index contributed by atoms with van der Waals surface area (Å²) < 4.78 is 10.9. The topological polar surface area (TPSA) is 60.5 Å². The van der Waals surface area contributed by atoms with E-state index in [4.69, 9.17) is 9.47 Å². The lowest BCUT2D eigenvalue weighted by Crippen LogP contribution is -2.28. The minimum absolute atomic E-state index is 0. The van der Waals surface area contributed by atoms with Gasteiger partial charge in [0.15, 0.2) is 11.5 Å². The Hall–Kier alpha value is -3.34. The van der Waals surface area contributed by atoms with Gasteiger partial charge < -0.3 is 14.8 Å². The van der Waals surface area contributed by atoms with Crippen molar-refractivity contribution >= 4 is 11.7 Å². The van der Waals surface area contributed by atoms with Gasteiger partial charge in [-0.3, -0.25) is 4.79 Å². The van der Waals surface area contributed by atoms with Gasteiger partial charge in [0.25, 0.3) is 0 Å². The number of anilines is 1. The number of hydrogen-bond donors (Lipinski definition) is 1. The van der Waals surface area contributed by atoms with Crippen molar-refractivity contribution in [2.45, 2.75) is 32.1 Å². The van der Waals surface area contributed by atoms with E-state index in [1.165, 1.54) is 5.56 Å². The molecule has 1 N–H and O–H groups in total. The third kappa shape index (κ3) is 3.03. The zero-order chi connectivity index (χ0) is 20.0. The Morgan fingerprint density at radius 1 is 1.00 bits per heavy atom. The van der Waals surface area contributed by atoms with Crippen molar-refractivity contribution in [2.75, 3.05) is 12.1 Å². The van der Waals surface area contributed by atoms with Crippen LogP contribution in [0, 0.1) is 13.8 Å². The second kappa shape index (κ2) is 6.62. The summed E-state index contributed by atoms with van der Waals surface area (Å²) in [5.41, 5.74) is 4.98. The number of hydrogen-bond acceptors (Lipinski definition) is 4. The number of carbonyl (C=O) groups excluding carboxylic acids is 1. The van der Waals surface area contributed by atoms with E-state index in [0.29, 0.717) is 11.6 Å². The lowest BCUT2D eigenvalue weighted by atomic mass is 9.94. The smallest absolute Gasteiger partial charge is 0.236 e. The Labute approximate surface area is 171 Å². The van der Waals surface area contributed by atoms with Crippen LogP contribution in [0.3, 0.4) is 0 Å². The molecule has 5 heteroatoms. The maximum atomic E-state index is 13.1. The van der Waals surface area contributed by atoms with Crippen molar-refractivity contribution in [2.24, 2.45) is 0 Å². The van der Waals surface area contributed by atoms with Crippen LogP contribution in [-0.2, 0) is 10.2 Å². The van der Waals surface area contributed by atoms with Gasteiger partial charge in [-0.2, -0.15) is 0 Å². The molecule has 5 nitrogen and oxygen atoms in total. The fourth-order valence-corrected chi connectivity index (χ4v) is 3.98. The van der Waals surface area contributed by atoms with E-state index in [1.807, 2.05) is 49.5 Å². The molecule has 0 unspecified atom stereocenters. The Kier molecular flexibility index (Phi) is 4.05. The standard InChI is InChI=1S/C24H22N2O3.H2/c1-15-5-3-4-6-18(15)19-13-25-22(11-16(19)2)26-23(27)24(9-10-24)17-7-8-20-21(12-17)29-14-28-20;/h3-8,11-13H,9-10,14H2,1-2H3,(H,25,26,27);1H. The van der Waals surface area contributed by atoms with Crippen molar-refractivity contribution in [1.82, 2.24) is 4.98 Å². The average molecular weight is 388 g/mol. The van der Waals surface area contributed by atoms with E-state index in [1.54, 1.807) is 0 Å². The molecular weight excluding hydrogens is 364 g/mol. The number of fused-ring (bicyclic) bond motifs is 1. The summed E-state index contributed by atoms with van der Waals surface area (Å²) in [6.45, 7) is 4.37. The van der Waals surface area contributed by atoms with Crippen LogP contribution in [0.25, 0.3) is 11.1 Å². The quantitative estimate of drug-likeness (QED) is 0.682. The van der Waals surface area contributed by atoms with Crippen molar-refractivity contribution in [3.8, 4) is 22.6 Å². The fraction of sp³-hybridized carbons (Fsp3) is 0.250. The van der Waals surface area contributed by atoms with Crippen LogP contribution in [0.2, 0.25) is 0 Å². The van der Waals surface area contributed by atoms with Gasteiger partial charge in [-0.25, -0.2) is 4.98 Å². The van der Waals surface area contributed by atoms with Crippen LogP contribution in [0.1, 0.15) is 31.0 Å². The van der Waals surface area contributed by atoms with E-state index in [-0.39, 0.29) is 14.1 Å². The van der Waals surface area contributed by atoms with Gasteiger partial charge in [-0.1, -0.05) is 30.3 Å². The van der Waals surface area contributed by atoms with Crippen LogP contribution < -0.4 is 14.8 Å². The summed E-state index contributed by atoms with van der Waals surface area (Å²) in [4.78, 5) is 17.6. The summed E-state index contributed by atoms with van der Waals surface area (Å²) in [6, 6.07) is 15.9. The summed E-state index contributed by atoms with van der Waals surface area (Å²) in [6.07, 6.45) is 3.48. The molecule has 2 aliphatic rings. The zero-order valence-corrected chi connectivity index (χ0v) is 16.5. The molecule has 1 saturated carbocycles. The number of aryl methyl sites for hydroxylation is 2. The van der Waals surface area contributed by atoms with Crippen LogP contribution >= 0.6 is 0 Å². The maximum Gasteiger partial charge on any atom is 0.236 e. The van der Waals surface area contributed by atoms with Crippen LogP contribution in [0.5, 0.6) is 11.5 Å². The van der Waals surface area contributed by atoms with Gasteiger partial charge in [0.05, 0.1) is 5.41 Å². The molecule has 3 aromatic rings. The first-order chi connectivity index (χ1) is 14.1. The first kappa shape index (κ1) is 17.7. The Morgan fingerprint density at radius 3 is 2.55 bits per heavy atom. The summed E-state index contributed by atoms with van der Waals surface area (Å²) in [5, 5.41) is 3.02. The molecule has 0 radical (unpaired) electrons. The molecule has 0 bridgehead atoms. The molecule has 29 heavy (non-hydrogen) atoms. The summed E-state index contributed by atoms with van der Waals surface area (Å²) in [5.74, 6) is 2.00. The molecule has 5 rings (SSSR count). The lowest BCUT2D eigenvalue weighted by molar-refractivity contribution is -0.118. The van der Waals surface area contributed by atoms with Gasteiger partial charge in [0.2, 0.25) is 12.7 Å². The van der Waals surface area contributed by atoms with E-state index in [2.05, 4.69) is 29.4 Å². The highest BCUT2D eigenvalue weighted by molar-refractivity contribution is 6.01. The van der Waals surface area contributed by atoms with Crippen molar-refractivity contribution < 1.29 is 15.7 Å². The monoisotopic (exact) mass is 388 g/mol. The molecule has 0 spiro atoms. The minimum Gasteiger partial charge on any atom is -0.454 e. The summed E-state index contributed by atoms with van der Waals surface area (Å²) >= 11 is 0. The SMILES string of the molecule is Cc1ccccc1-c1cnc(NC(=O)C2(c3ccc4c(c3)OCO4)CC2)cc1C.[HH]. The van der Waals surface area contributed by atoms with E-state index in [9.17, 15) is 4.79 Å². The van der Waals surface area contributed by atoms with Crippen LogP contribution in [-0.4, -0.2) is 17.7 Å². The summed E-state index contributed by atoms with van der Waals surface area (Å²) in [7, 11) is 0. The zero-order valence-electron chi connectivity index (χ0n) is 16.5. The Balaban J connectivity index is 0.00000218. The van der Waals surface area contributed by atoms with E-state index in [0.717, 1.165) is 40.8 Å². The number of nitrogens with one attached hydrogen (secondary N) is 1. The van der Waals surface area contributed by atoms with Crippen molar-refractivity contribution in [3.63, 3.8) is 0 Å². The predicted molar refractivity (Wildman–Crippen MR) is 113 cm³/mol. The molecule has 0 atom stereocenters. The van der Waals surface area contributed by atoms with Crippen molar-refractivity contribution in [3.05, 3.63) is 71.4 Å². The minimum atomic E-state index is -0.509. The second-order valence-electron chi connectivity index (χ2n) is 7.80. The second-order valence-corrected chi connectivity index (χ2v) is 7.80. The van der Waals surface area contributed by atoms with Crippen molar-refractivity contribution in [1.29, 1.82) is 0 Å². The number of aromatic nitrogens is 1.